The molecule has 30 heavy (non-hydrogen) atoms. The molecule has 7 rings (SSSR count). The van der Waals surface area contributed by atoms with Gasteiger partial charge < -0.3 is 0 Å². The molecule has 3 aromatic carbocycles. The van der Waals surface area contributed by atoms with Gasteiger partial charge in [0.15, 0.2) is 0 Å². The van der Waals surface area contributed by atoms with Crippen molar-refractivity contribution < 1.29 is 9.59 Å². The van der Waals surface area contributed by atoms with Crippen LogP contribution in [0.3, 0.4) is 0 Å². The Hall–Kier alpha value is -3.20. The van der Waals surface area contributed by atoms with E-state index in [4.69, 9.17) is 0 Å². The summed E-state index contributed by atoms with van der Waals surface area (Å²) >= 11 is 0. The van der Waals surface area contributed by atoms with Crippen LogP contribution in [-0.2, 0) is 9.59 Å². The molecule has 1 heterocycles. The minimum absolute atomic E-state index is 0.0543. The van der Waals surface area contributed by atoms with E-state index >= 15 is 0 Å². The van der Waals surface area contributed by atoms with Gasteiger partial charge in [-0.15, -0.1) is 0 Å². The molecular weight excluding hydrogens is 370 g/mol. The highest BCUT2D eigenvalue weighted by Crippen LogP contribution is 2.61. The molecule has 0 saturated carbocycles. The second-order valence-electron chi connectivity index (χ2n) is 9.03. The Morgan fingerprint density at radius 3 is 1.80 bits per heavy atom. The molecule has 4 aliphatic rings. The number of benzene rings is 3. The van der Waals surface area contributed by atoms with Crippen molar-refractivity contribution in [2.24, 2.45) is 11.8 Å². The van der Waals surface area contributed by atoms with Gasteiger partial charge in [0.05, 0.1) is 17.5 Å². The van der Waals surface area contributed by atoms with Gasteiger partial charge in [-0.3, -0.25) is 9.59 Å². The number of amides is 2. The first-order valence-corrected chi connectivity index (χ1v) is 10.7. The maximum Gasteiger partial charge on any atom is 0.238 e. The van der Waals surface area contributed by atoms with Crippen LogP contribution < -0.4 is 4.90 Å². The third-order valence-electron chi connectivity index (χ3n) is 7.24. The highest BCUT2D eigenvalue weighted by Gasteiger charge is 2.61. The van der Waals surface area contributed by atoms with E-state index in [-0.39, 0.29) is 35.5 Å². The van der Waals surface area contributed by atoms with Crippen molar-refractivity contribution in [1.82, 2.24) is 0 Å². The molecule has 0 N–H and O–H groups in total. The molecule has 0 aromatic heterocycles. The number of carbonyl (C=O) groups is 2. The van der Waals surface area contributed by atoms with Crippen LogP contribution in [0.2, 0.25) is 0 Å². The largest absolute Gasteiger partial charge is 0.274 e. The maximum absolute atomic E-state index is 13.7. The fourth-order valence-electron chi connectivity index (χ4n) is 5.94. The van der Waals surface area contributed by atoms with Gasteiger partial charge in [0.25, 0.3) is 0 Å². The van der Waals surface area contributed by atoms with E-state index in [0.717, 1.165) is 0 Å². The lowest BCUT2D eigenvalue weighted by Crippen LogP contribution is -2.41. The summed E-state index contributed by atoms with van der Waals surface area (Å²) in [6, 6.07) is 24.5. The summed E-state index contributed by atoms with van der Waals surface area (Å²) in [5, 5.41) is 0. The van der Waals surface area contributed by atoms with E-state index in [1.807, 2.05) is 36.4 Å². The molecule has 1 aliphatic heterocycles. The lowest BCUT2D eigenvalue weighted by Gasteiger charge is -2.46. The first kappa shape index (κ1) is 17.6. The van der Waals surface area contributed by atoms with E-state index in [2.05, 4.69) is 50.2 Å². The SMILES string of the molecule is CC(C)c1ccc2c(c1)[C@H]1c3ccccc3[C@H]2[C@@H]2C(=O)N(c3ccccc3)C(=O)[C@H]12. The molecule has 0 unspecified atom stereocenters. The van der Waals surface area contributed by atoms with Gasteiger partial charge in [-0.1, -0.05) is 74.5 Å². The topological polar surface area (TPSA) is 37.4 Å². The van der Waals surface area contributed by atoms with Gasteiger partial charge >= 0.3 is 0 Å². The lowest BCUT2D eigenvalue weighted by atomic mass is 9.54. The molecule has 0 radical (unpaired) electrons. The summed E-state index contributed by atoms with van der Waals surface area (Å²) in [5.74, 6) is -0.459. The molecule has 1 fully saturated rings. The van der Waals surface area contributed by atoms with Crippen molar-refractivity contribution in [3.8, 4) is 0 Å². The molecule has 0 spiro atoms. The standard InChI is InChI=1S/C27H23NO2/c1-15(2)16-12-13-20-21(14-16)23-19-11-7-6-10-18(19)22(20)24-25(23)27(30)28(26(24)29)17-8-4-3-5-9-17/h3-15,22-25H,1-2H3/t22-,23-,24+,25-/m1/s1. The lowest BCUT2D eigenvalue weighted by molar-refractivity contribution is -0.122. The first-order chi connectivity index (χ1) is 14.6. The van der Waals surface area contributed by atoms with Crippen LogP contribution in [0.4, 0.5) is 5.69 Å². The van der Waals surface area contributed by atoms with Gasteiger partial charge in [0, 0.05) is 11.8 Å². The van der Waals surface area contributed by atoms with Crippen molar-refractivity contribution in [1.29, 1.82) is 0 Å². The summed E-state index contributed by atoms with van der Waals surface area (Å²) in [4.78, 5) is 28.8. The molecule has 4 atom stereocenters. The minimum atomic E-state index is -0.326. The predicted molar refractivity (Wildman–Crippen MR) is 117 cm³/mol. The van der Waals surface area contributed by atoms with Crippen LogP contribution in [0.15, 0.2) is 72.8 Å². The number of carbonyl (C=O) groups excluding carboxylic acids is 2. The van der Waals surface area contributed by atoms with Gasteiger partial charge in [-0.25, -0.2) is 4.90 Å². The third-order valence-corrected chi connectivity index (χ3v) is 7.24. The van der Waals surface area contributed by atoms with E-state index in [0.29, 0.717) is 11.6 Å². The van der Waals surface area contributed by atoms with Gasteiger partial charge in [-0.05, 0) is 45.9 Å². The van der Waals surface area contributed by atoms with Crippen molar-refractivity contribution in [2.45, 2.75) is 31.6 Å². The Balaban J connectivity index is 1.58. The second kappa shape index (κ2) is 6.15. The smallest absolute Gasteiger partial charge is 0.238 e. The Morgan fingerprint density at radius 2 is 1.20 bits per heavy atom. The molecule has 2 bridgehead atoms. The van der Waals surface area contributed by atoms with Gasteiger partial charge in [0.2, 0.25) is 11.8 Å². The summed E-state index contributed by atoms with van der Waals surface area (Å²) in [7, 11) is 0. The van der Waals surface area contributed by atoms with Crippen LogP contribution in [0.1, 0.15) is 59.4 Å². The fraction of sp³-hybridized carbons (Fsp3) is 0.259. The molecule has 3 aliphatic carbocycles. The summed E-state index contributed by atoms with van der Waals surface area (Å²) in [6.45, 7) is 4.39. The number of nitrogens with zero attached hydrogens (tertiary/aromatic N) is 1. The van der Waals surface area contributed by atoms with E-state index in [1.54, 1.807) is 0 Å². The zero-order valence-electron chi connectivity index (χ0n) is 17.1. The highest BCUT2D eigenvalue weighted by molar-refractivity contribution is 6.23. The van der Waals surface area contributed by atoms with E-state index < -0.39 is 0 Å². The van der Waals surface area contributed by atoms with E-state index in [1.165, 1.54) is 32.7 Å². The Kier molecular flexibility index (Phi) is 3.62. The second-order valence-corrected chi connectivity index (χ2v) is 9.03. The monoisotopic (exact) mass is 393 g/mol. The average molecular weight is 393 g/mol. The molecular formula is C27H23NO2. The first-order valence-electron chi connectivity index (χ1n) is 10.7. The Bertz CT molecular complexity index is 1200. The average Bonchev–Trinajstić information content (AvgIpc) is 3.04. The minimum Gasteiger partial charge on any atom is -0.274 e. The van der Waals surface area contributed by atoms with Crippen LogP contribution in [0.5, 0.6) is 0 Å². The van der Waals surface area contributed by atoms with Crippen LogP contribution in [0.25, 0.3) is 0 Å². The number of imide groups is 1. The van der Waals surface area contributed by atoms with Gasteiger partial charge in [0.1, 0.15) is 0 Å². The van der Waals surface area contributed by atoms with Crippen LogP contribution in [0, 0.1) is 11.8 Å². The summed E-state index contributed by atoms with van der Waals surface area (Å²) in [6.07, 6.45) is 0. The summed E-state index contributed by atoms with van der Waals surface area (Å²) in [5.41, 5.74) is 6.85. The molecule has 3 aromatic rings. The number of para-hydroxylation sites is 1. The zero-order chi connectivity index (χ0) is 20.6. The zero-order valence-corrected chi connectivity index (χ0v) is 17.1. The van der Waals surface area contributed by atoms with Crippen LogP contribution >= 0.6 is 0 Å². The molecule has 3 heteroatoms. The normalized spacial score (nSPS) is 26.0. The third kappa shape index (κ3) is 2.15. The number of rotatable bonds is 2. The maximum atomic E-state index is 13.7. The van der Waals surface area contributed by atoms with Crippen LogP contribution in [-0.4, -0.2) is 11.8 Å². The Labute approximate surface area is 176 Å². The molecule has 148 valence electrons. The van der Waals surface area contributed by atoms with Crippen molar-refractivity contribution >= 4 is 17.5 Å². The summed E-state index contributed by atoms with van der Waals surface area (Å²) < 4.78 is 0. The van der Waals surface area contributed by atoms with Crippen molar-refractivity contribution in [2.75, 3.05) is 4.90 Å². The molecule has 3 nitrogen and oxygen atoms in total. The Morgan fingerprint density at radius 1 is 0.667 bits per heavy atom. The fourth-order valence-corrected chi connectivity index (χ4v) is 5.94. The quantitative estimate of drug-likeness (QED) is 0.561. The highest BCUT2D eigenvalue weighted by atomic mass is 16.2. The number of hydrogen-bond donors (Lipinski definition) is 0. The number of anilines is 1. The molecule has 2 amide bonds. The van der Waals surface area contributed by atoms with Crippen molar-refractivity contribution in [3.05, 3.63) is 101 Å². The number of hydrogen-bond acceptors (Lipinski definition) is 2. The van der Waals surface area contributed by atoms with Gasteiger partial charge in [-0.2, -0.15) is 0 Å². The molecule has 1 saturated heterocycles. The van der Waals surface area contributed by atoms with Crippen molar-refractivity contribution in [3.63, 3.8) is 0 Å². The predicted octanol–water partition coefficient (Wildman–Crippen LogP) is 5.21. The van der Waals surface area contributed by atoms with E-state index in [9.17, 15) is 9.59 Å².